The highest BCUT2D eigenvalue weighted by molar-refractivity contribution is 7.80. The van der Waals surface area contributed by atoms with Crippen molar-refractivity contribution in [2.24, 2.45) is 0 Å². The molecule has 0 aliphatic heterocycles. The van der Waals surface area contributed by atoms with Gasteiger partial charge in [-0.1, -0.05) is 36.4 Å². The SMILES string of the molecule is C=CCNC(=S)N(C)Cc1ccccc1. The van der Waals surface area contributed by atoms with Crippen LogP contribution in [0, 0.1) is 0 Å². The fraction of sp³-hybridized carbons (Fsp3) is 0.250. The molecule has 0 unspecified atom stereocenters. The van der Waals surface area contributed by atoms with Gasteiger partial charge < -0.3 is 10.2 Å². The molecular formula is C12H16N2S. The Balaban J connectivity index is 2.45. The van der Waals surface area contributed by atoms with Gasteiger partial charge in [-0.15, -0.1) is 6.58 Å². The Bertz CT molecular complexity index is 322. The molecule has 0 aliphatic rings. The maximum Gasteiger partial charge on any atom is 0.169 e. The summed E-state index contributed by atoms with van der Waals surface area (Å²) in [6.45, 7) is 5.16. The van der Waals surface area contributed by atoms with E-state index in [0.717, 1.165) is 11.7 Å². The van der Waals surface area contributed by atoms with Crippen LogP contribution in [0.4, 0.5) is 0 Å². The van der Waals surface area contributed by atoms with Gasteiger partial charge in [-0.05, 0) is 17.8 Å². The van der Waals surface area contributed by atoms with Crippen molar-refractivity contribution in [2.45, 2.75) is 6.54 Å². The van der Waals surface area contributed by atoms with E-state index in [0.29, 0.717) is 6.54 Å². The minimum atomic E-state index is 0.706. The third-order valence-corrected chi connectivity index (χ3v) is 2.46. The molecule has 3 heteroatoms. The molecule has 0 amide bonds. The van der Waals surface area contributed by atoms with E-state index in [1.54, 1.807) is 6.08 Å². The summed E-state index contributed by atoms with van der Waals surface area (Å²) in [5, 5.41) is 3.84. The van der Waals surface area contributed by atoms with Crippen LogP contribution in [0.15, 0.2) is 43.0 Å². The van der Waals surface area contributed by atoms with Crippen LogP contribution < -0.4 is 5.32 Å². The topological polar surface area (TPSA) is 15.3 Å². The van der Waals surface area contributed by atoms with Crippen molar-refractivity contribution < 1.29 is 0 Å². The first-order valence-corrected chi connectivity index (χ1v) is 5.28. The Morgan fingerprint density at radius 1 is 1.47 bits per heavy atom. The normalized spacial score (nSPS) is 9.40. The first-order valence-electron chi connectivity index (χ1n) is 4.88. The maximum absolute atomic E-state index is 5.21. The van der Waals surface area contributed by atoms with Crippen LogP contribution in [-0.2, 0) is 6.54 Å². The zero-order chi connectivity index (χ0) is 11.1. The van der Waals surface area contributed by atoms with Crippen molar-refractivity contribution in [3.05, 3.63) is 48.6 Å². The molecule has 0 saturated carbocycles. The third-order valence-electron chi connectivity index (χ3n) is 2.01. The summed E-state index contributed by atoms with van der Waals surface area (Å²) in [6.07, 6.45) is 1.79. The van der Waals surface area contributed by atoms with Crippen molar-refractivity contribution in [1.82, 2.24) is 10.2 Å². The van der Waals surface area contributed by atoms with E-state index in [-0.39, 0.29) is 0 Å². The van der Waals surface area contributed by atoms with E-state index in [2.05, 4.69) is 24.0 Å². The molecule has 0 bridgehead atoms. The molecular weight excluding hydrogens is 204 g/mol. The van der Waals surface area contributed by atoms with Gasteiger partial charge in [-0.2, -0.15) is 0 Å². The molecule has 1 N–H and O–H groups in total. The van der Waals surface area contributed by atoms with Gasteiger partial charge in [0.1, 0.15) is 0 Å². The quantitative estimate of drug-likeness (QED) is 0.618. The van der Waals surface area contributed by atoms with Crippen LogP contribution in [0.25, 0.3) is 0 Å². The van der Waals surface area contributed by atoms with Crippen LogP contribution in [-0.4, -0.2) is 23.6 Å². The predicted octanol–water partition coefficient (Wildman–Crippen LogP) is 2.18. The zero-order valence-corrected chi connectivity index (χ0v) is 9.76. The minimum Gasteiger partial charge on any atom is -0.359 e. The van der Waals surface area contributed by atoms with Crippen LogP contribution in [0.2, 0.25) is 0 Å². The Hall–Kier alpha value is -1.35. The lowest BCUT2D eigenvalue weighted by atomic mass is 10.2. The molecule has 15 heavy (non-hydrogen) atoms. The predicted molar refractivity (Wildman–Crippen MR) is 68.7 cm³/mol. The second kappa shape index (κ2) is 6.19. The molecule has 1 aromatic carbocycles. The lowest BCUT2D eigenvalue weighted by Gasteiger charge is -2.20. The number of benzene rings is 1. The van der Waals surface area contributed by atoms with E-state index >= 15 is 0 Å². The first kappa shape index (κ1) is 11.7. The minimum absolute atomic E-state index is 0.706. The molecule has 1 aromatic rings. The molecule has 80 valence electrons. The average Bonchev–Trinajstić information content (AvgIpc) is 2.27. The molecule has 0 fully saturated rings. The average molecular weight is 220 g/mol. The van der Waals surface area contributed by atoms with E-state index in [9.17, 15) is 0 Å². The molecule has 0 aromatic heterocycles. The van der Waals surface area contributed by atoms with Gasteiger partial charge in [0, 0.05) is 20.1 Å². The fourth-order valence-electron chi connectivity index (χ4n) is 1.22. The molecule has 1 rings (SSSR count). The zero-order valence-electron chi connectivity index (χ0n) is 8.94. The van der Waals surface area contributed by atoms with Gasteiger partial charge in [0.15, 0.2) is 5.11 Å². The molecule has 0 spiro atoms. The summed E-state index contributed by atoms with van der Waals surface area (Å²) in [6, 6.07) is 10.3. The summed E-state index contributed by atoms with van der Waals surface area (Å²) < 4.78 is 0. The van der Waals surface area contributed by atoms with E-state index in [1.807, 2.05) is 30.1 Å². The Morgan fingerprint density at radius 3 is 2.73 bits per heavy atom. The van der Waals surface area contributed by atoms with Gasteiger partial charge in [-0.3, -0.25) is 0 Å². The largest absolute Gasteiger partial charge is 0.359 e. The highest BCUT2D eigenvalue weighted by Gasteiger charge is 2.02. The molecule has 0 radical (unpaired) electrons. The standard InChI is InChI=1S/C12H16N2S/c1-3-9-13-12(15)14(2)10-11-7-5-4-6-8-11/h3-8H,1,9-10H2,2H3,(H,13,15). The van der Waals surface area contributed by atoms with Gasteiger partial charge in [0.25, 0.3) is 0 Å². The van der Waals surface area contributed by atoms with Crippen LogP contribution in [0.1, 0.15) is 5.56 Å². The summed E-state index contributed by atoms with van der Waals surface area (Å²) in [4.78, 5) is 2.01. The van der Waals surface area contributed by atoms with Crippen LogP contribution in [0.3, 0.4) is 0 Å². The van der Waals surface area contributed by atoms with E-state index in [4.69, 9.17) is 12.2 Å². The van der Waals surface area contributed by atoms with Crippen molar-refractivity contribution in [3.63, 3.8) is 0 Å². The first-order chi connectivity index (χ1) is 7.24. The monoisotopic (exact) mass is 220 g/mol. The van der Waals surface area contributed by atoms with Crippen molar-refractivity contribution in [3.8, 4) is 0 Å². The Kier molecular flexibility index (Phi) is 4.84. The smallest absolute Gasteiger partial charge is 0.169 e. The van der Waals surface area contributed by atoms with Gasteiger partial charge in [-0.25, -0.2) is 0 Å². The lowest BCUT2D eigenvalue weighted by Crippen LogP contribution is -2.36. The maximum atomic E-state index is 5.21. The lowest BCUT2D eigenvalue weighted by molar-refractivity contribution is 0.492. The number of hydrogen-bond acceptors (Lipinski definition) is 1. The van der Waals surface area contributed by atoms with E-state index in [1.165, 1.54) is 5.56 Å². The highest BCUT2D eigenvalue weighted by Crippen LogP contribution is 2.02. The number of nitrogens with zero attached hydrogens (tertiary/aromatic N) is 1. The summed E-state index contributed by atoms with van der Waals surface area (Å²) >= 11 is 5.21. The Morgan fingerprint density at radius 2 is 2.13 bits per heavy atom. The summed E-state index contributed by atoms with van der Waals surface area (Å²) in [7, 11) is 1.98. The number of rotatable bonds is 4. The second-order valence-corrected chi connectivity index (χ2v) is 3.70. The Labute approximate surface area is 96.6 Å². The third kappa shape index (κ3) is 4.13. The number of thiocarbonyl (C=S) groups is 1. The fourth-order valence-corrected chi connectivity index (χ4v) is 1.37. The van der Waals surface area contributed by atoms with E-state index < -0.39 is 0 Å². The van der Waals surface area contributed by atoms with Gasteiger partial charge in [0.2, 0.25) is 0 Å². The number of hydrogen-bond donors (Lipinski definition) is 1. The second-order valence-electron chi connectivity index (χ2n) is 3.32. The molecule has 0 atom stereocenters. The highest BCUT2D eigenvalue weighted by atomic mass is 32.1. The molecule has 2 nitrogen and oxygen atoms in total. The van der Waals surface area contributed by atoms with Crippen molar-refractivity contribution >= 4 is 17.3 Å². The van der Waals surface area contributed by atoms with Crippen molar-refractivity contribution in [2.75, 3.05) is 13.6 Å². The van der Waals surface area contributed by atoms with Gasteiger partial charge in [0.05, 0.1) is 0 Å². The summed E-state index contributed by atoms with van der Waals surface area (Å²) in [5.41, 5.74) is 1.25. The molecule has 0 heterocycles. The molecule has 0 aliphatic carbocycles. The van der Waals surface area contributed by atoms with Crippen molar-refractivity contribution in [1.29, 1.82) is 0 Å². The van der Waals surface area contributed by atoms with Crippen LogP contribution in [0.5, 0.6) is 0 Å². The molecule has 0 saturated heterocycles. The number of nitrogens with one attached hydrogen (secondary N) is 1. The van der Waals surface area contributed by atoms with Crippen LogP contribution >= 0.6 is 12.2 Å². The summed E-state index contributed by atoms with van der Waals surface area (Å²) in [5.74, 6) is 0. The van der Waals surface area contributed by atoms with Gasteiger partial charge >= 0.3 is 0 Å².